The fourth-order valence-corrected chi connectivity index (χ4v) is 3.42. The van der Waals surface area contributed by atoms with E-state index in [4.69, 9.17) is 0 Å². The smallest absolute Gasteiger partial charge is 0.286 e. The lowest BCUT2D eigenvalue weighted by Gasteiger charge is -2.18. The highest BCUT2D eigenvalue weighted by Gasteiger charge is 2.23. The second kappa shape index (κ2) is 6.57. The summed E-state index contributed by atoms with van der Waals surface area (Å²) in [6, 6.07) is 15.8. The lowest BCUT2D eigenvalue weighted by Crippen LogP contribution is -2.27. The standard InChI is InChI=1S/C19H20N4O2/c24-18-11-17(16-7-4-9-20-19(16)23(18)25)21-15-8-10-22(13-15)12-14-5-2-1-3-6-14/h1-7,9,11,15,21,25H,8,10,12-13H2/t15-/m0/s1. The van der Waals surface area contributed by atoms with E-state index in [0.717, 1.165) is 37.1 Å². The fourth-order valence-electron chi connectivity index (χ4n) is 3.42. The van der Waals surface area contributed by atoms with Gasteiger partial charge < -0.3 is 10.5 Å². The third kappa shape index (κ3) is 3.21. The van der Waals surface area contributed by atoms with Crippen molar-refractivity contribution in [1.82, 2.24) is 14.6 Å². The molecule has 0 unspecified atom stereocenters. The Labute approximate surface area is 145 Å². The topological polar surface area (TPSA) is 70.4 Å². The van der Waals surface area contributed by atoms with E-state index in [1.807, 2.05) is 12.1 Å². The Morgan fingerprint density at radius 1 is 1.20 bits per heavy atom. The van der Waals surface area contributed by atoms with Gasteiger partial charge in [-0.1, -0.05) is 30.3 Å². The van der Waals surface area contributed by atoms with E-state index in [1.165, 1.54) is 11.6 Å². The Balaban J connectivity index is 1.51. The number of likely N-dealkylation sites (tertiary alicyclic amines) is 1. The summed E-state index contributed by atoms with van der Waals surface area (Å²) >= 11 is 0. The molecule has 1 aliphatic heterocycles. The highest BCUT2D eigenvalue weighted by molar-refractivity contribution is 5.88. The van der Waals surface area contributed by atoms with Crippen LogP contribution in [-0.2, 0) is 6.54 Å². The van der Waals surface area contributed by atoms with E-state index in [-0.39, 0.29) is 11.7 Å². The maximum atomic E-state index is 12.0. The largest absolute Gasteiger partial charge is 0.423 e. The van der Waals surface area contributed by atoms with E-state index in [9.17, 15) is 10.0 Å². The fraction of sp³-hybridized carbons (Fsp3) is 0.263. The van der Waals surface area contributed by atoms with Crippen LogP contribution >= 0.6 is 0 Å². The Bertz CT molecular complexity index is 939. The van der Waals surface area contributed by atoms with Crippen molar-refractivity contribution < 1.29 is 5.21 Å². The first kappa shape index (κ1) is 15.7. The first-order valence-electron chi connectivity index (χ1n) is 8.43. The van der Waals surface area contributed by atoms with E-state index in [1.54, 1.807) is 12.3 Å². The summed E-state index contributed by atoms with van der Waals surface area (Å²) in [5.74, 6) is 0. The van der Waals surface area contributed by atoms with Crippen LogP contribution in [0.5, 0.6) is 0 Å². The van der Waals surface area contributed by atoms with Gasteiger partial charge in [-0.15, -0.1) is 4.73 Å². The maximum absolute atomic E-state index is 12.0. The van der Waals surface area contributed by atoms with Crippen LogP contribution in [0.15, 0.2) is 59.5 Å². The quantitative estimate of drug-likeness (QED) is 0.716. The number of aromatic nitrogens is 2. The van der Waals surface area contributed by atoms with Gasteiger partial charge in [-0.2, -0.15) is 0 Å². The summed E-state index contributed by atoms with van der Waals surface area (Å²) in [7, 11) is 0. The van der Waals surface area contributed by atoms with Crippen molar-refractivity contribution in [2.45, 2.75) is 19.0 Å². The maximum Gasteiger partial charge on any atom is 0.286 e. The molecule has 0 bridgehead atoms. The van der Waals surface area contributed by atoms with Crippen LogP contribution in [0.4, 0.5) is 5.69 Å². The minimum Gasteiger partial charge on any atom is -0.423 e. The van der Waals surface area contributed by atoms with Gasteiger partial charge in [-0.25, -0.2) is 4.98 Å². The number of fused-ring (bicyclic) bond motifs is 1. The molecule has 6 heteroatoms. The number of hydrogen-bond donors (Lipinski definition) is 2. The van der Waals surface area contributed by atoms with Gasteiger partial charge in [-0.3, -0.25) is 9.69 Å². The molecule has 128 valence electrons. The molecule has 0 spiro atoms. The number of pyridine rings is 2. The molecule has 1 saturated heterocycles. The highest BCUT2D eigenvalue weighted by atomic mass is 16.5. The monoisotopic (exact) mass is 336 g/mol. The van der Waals surface area contributed by atoms with Crippen molar-refractivity contribution in [1.29, 1.82) is 0 Å². The average Bonchev–Trinajstić information content (AvgIpc) is 3.07. The number of nitrogens with zero attached hydrogens (tertiary/aromatic N) is 3. The van der Waals surface area contributed by atoms with Crippen molar-refractivity contribution in [3.8, 4) is 0 Å². The van der Waals surface area contributed by atoms with Gasteiger partial charge >= 0.3 is 0 Å². The molecule has 2 aromatic heterocycles. The molecule has 0 amide bonds. The van der Waals surface area contributed by atoms with E-state index in [2.05, 4.69) is 39.5 Å². The predicted octanol–water partition coefficient (Wildman–Crippen LogP) is 2.32. The van der Waals surface area contributed by atoms with Crippen LogP contribution in [0.2, 0.25) is 0 Å². The first-order valence-corrected chi connectivity index (χ1v) is 8.43. The van der Waals surface area contributed by atoms with E-state index in [0.29, 0.717) is 4.73 Å². The Morgan fingerprint density at radius 3 is 2.88 bits per heavy atom. The Kier molecular flexibility index (Phi) is 4.11. The van der Waals surface area contributed by atoms with Gasteiger partial charge in [-0.05, 0) is 24.1 Å². The summed E-state index contributed by atoms with van der Waals surface area (Å²) in [5.41, 5.74) is 1.83. The van der Waals surface area contributed by atoms with Crippen LogP contribution in [0.1, 0.15) is 12.0 Å². The predicted molar refractivity (Wildman–Crippen MR) is 96.9 cm³/mol. The molecule has 1 fully saturated rings. The molecule has 4 rings (SSSR count). The lowest BCUT2D eigenvalue weighted by molar-refractivity contribution is 0.187. The van der Waals surface area contributed by atoms with Crippen molar-refractivity contribution in [2.75, 3.05) is 18.4 Å². The number of rotatable bonds is 4. The summed E-state index contributed by atoms with van der Waals surface area (Å²) in [6.45, 7) is 2.86. The molecule has 3 heterocycles. The first-order chi connectivity index (χ1) is 12.2. The van der Waals surface area contributed by atoms with Crippen molar-refractivity contribution in [2.24, 2.45) is 0 Å². The van der Waals surface area contributed by atoms with Crippen LogP contribution in [0, 0.1) is 0 Å². The number of nitrogens with one attached hydrogen (secondary N) is 1. The summed E-state index contributed by atoms with van der Waals surface area (Å²) in [5, 5.41) is 14.1. The SMILES string of the molecule is O=c1cc(N[C@H]2CCN(Cc3ccccc3)C2)c2cccnc2n1O. The number of hydrogen-bond acceptors (Lipinski definition) is 5. The number of anilines is 1. The van der Waals surface area contributed by atoms with Gasteiger partial charge in [0.25, 0.3) is 5.56 Å². The molecule has 1 atom stereocenters. The van der Waals surface area contributed by atoms with Gasteiger partial charge in [0.1, 0.15) is 0 Å². The van der Waals surface area contributed by atoms with Gasteiger partial charge in [0.15, 0.2) is 5.65 Å². The minimum absolute atomic E-state index is 0.265. The average molecular weight is 336 g/mol. The molecule has 6 nitrogen and oxygen atoms in total. The lowest BCUT2D eigenvalue weighted by atomic mass is 10.2. The Hall–Kier alpha value is -2.86. The van der Waals surface area contributed by atoms with E-state index < -0.39 is 5.56 Å². The Morgan fingerprint density at radius 2 is 2.04 bits per heavy atom. The molecule has 2 N–H and O–H groups in total. The van der Waals surface area contributed by atoms with Crippen LogP contribution < -0.4 is 10.9 Å². The van der Waals surface area contributed by atoms with Gasteiger partial charge in [0, 0.05) is 43.3 Å². The third-order valence-electron chi connectivity index (χ3n) is 4.64. The van der Waals surface area contributed by atoms with Crippen LogP contribution in [-0.4, -0.2) is 39.0 Å². The second-order valence-electron chi connectivity index (χ2n) is 6.43. The van der Waals surface area contributed by atoms with E-state index >= 15 is 0 Å². The molecule has 25 heavy (non-hydrogen) atoms. The summed E-state index contributed by atoms with van der Waals surface area (Å²) < 4.78 is 0.594. The molecule has 1 aromatic carbocycles. The van der Waals surface area contributed by atoms with Crippen molar-refractivity contribution in [3.63, 3.8) is 0 Å². The van der Waals surface area contributed by atoms with Gasteiger partial charge in [0.2, 0.25) is 0 Å². The minimum atomic E-state index is -0.479. The third-order valence-corrected chi connectivity index (χ3v) is 4.64. The number of benzene rings is 1. The molecule has 3 aromatic rings. The van der Waals surface area contributed by atoms with Crippen molar-refractivity contribution >= 4 is 16.7 Å². The van der Waals surface area contributed by atoms with Crippen LogP contribution in [0.25, 0.3) is 11.0 Å². The molecule has 0 saturated carbocycles. The molecular weight excluding hydrogens is 316 g/mol. The highest BCUT2D eigenvalue weighted by Crippen LogP contribution is 2.23. The zero-order valence-corrected chi connectivity index (χ0v) is 13.8. The summed E-state index contributed by atoms with van der Waals surface area (Å²) in [6.07, 6.45) is 2.58. The van der Waals surface area contributed by atoms with Crippen LogP contribution in [0.3, 0.4) is 0 Å². The van der Waals surface area contributed by atoms with Gasteiger partial charge in [0.05, 0.1) is 5.69 Å². The zero-order valence-electron chi connectivity index (χ0n) is 13.8. The second-order valence-corrected chi connectivity index (χ2v) is 6.43. The van der Waals surface area contributed by atoms with Crippen molar-refractivity contribution in [3.05, 3.63) is 70.6 Å². The molecular formula is C19H20N4O2. The summed E-state index contributed by atoms with van der Waals surface area (Å²) in [4.78, 5) is 18.5. The molecule has 0 radical (unpaired) electrons. The molecule has 0 aliphatic carbocycles. The molecule has 1 aliphatic rings. The normalized spacial score (nSPS) is 17.8. The zero-order chi connectivity index (χ0) is 17.2.